The second-order valence-corrected chi connectivity index (χ2v) is 9.16. The Labute approximate surface area is 214 Å². The Morgan fingerprint density at radius 1 is 1.03 bits per heavy atom. The molecule has 0 fully saturated rings. The van der Waals surface area contributed by atoms with Crippen molar-refractivity contribution in [3.8, 4) is 0 Å². The highest BCUT2D eigenvalue weighted by molar-refractivity contribution is 7.80. The van der Waals surface area contributed by atoms with Gasteiger partial charge in [0.1, 0.15) is 0 Å². The van der Waals surface area contributed by atoms with Crippen LogP contribution < -0.4 is 15.5 Å². The summed E-state index contributed by atoms with van der Waals surface area (Å²) in [5, 5.41) is 7.70. The van der Waals surface area contributed by atoms with Gasteiger partial charge in [0.15, 0.2) is 5.11 Å². The van der Waals surface area contributed by atoms with Crippen LogP contribution in [0.4, 0.5) is 5.69 Å². The van der Waals surface area contributed by atoms with Crippen molar-refractivity contribution in [1.29, 1.82) is 0 Å². The van der Waals surface area contributed by atoms with Crippen LogP contribution >= 0.6 is 35.4 Å². The lowest BCUT2D eigenvalue weighted by molar-refractivity contribution is -0.119. The van der Waals surface area contributed by atoms with E-state index in [0.29, 0.717) is 38.7 Å². The number of aryl methyl sites for hydroxylation is 1. The number of fused-ring (bicyclic) bond motifs is 1. The van der Waals surface area contributed by atoms with E-state index in [0.717, 1.165) is 18.4 Å². The average molecular weight is 511 g/mol. The van der Waals surface area contributed by atoms with Gasteiger partial charge in [0.05, 0.1) is 11.4 Å². The first-order valence-electron chi connectivity index (χ1n) is 10.9. The van der Waals surface area contributed by atoms with E-state index in [2.05, 4.69) is 22.8 Å². The molecule has 5 nitrogen and oxygen atoms in total. The zero-order valence-corrected chi connectivity index (χ0v) is 20.9. The number of carbonyl (C=O) groups is 1. The van der Waals surface area contributed by atoms with Crippen molar-refractivity contribution in [1.82, 2.24) is 10.6 Å². The van der Waals surface area contributed by atoms with Gasteiger partial charge in [-0.3, -0.25) is 4.79 Å². The van der Waals surface area contributed by atoms with Crippen molar-refractivity contribution in [2.24, 2.45) is 4.99 Å². The van der Waals surface area contributed by atoms with Gasteiger partial charge < -0.3 is 15.5 Å². The van der Waals surface area contributed by atoms with Crippen LogP contribution in [-0.4, -0.2) is 36.5 Å². The van der Waals surface area contributed by atoms with Crippen LogP contribution in [0.25, 0.3) is 0 Å². The number of hydrogen-bond acceptors (Lipinski definition) is 3. The van der Waals surface area contributed by atoms with Gasteiger partial charge in [0.2, 0.25) is 6.17 Å². The number of benzene rings is 3. The second-order valence-electron chi connectivity index (χ2n) is 7.91. The fourth-order valence-electron chi connectivity index (χ4n) is 3.82. The summed E-state index contributed by atoms with van der Waals surface area (Å²) in [6.07, 6.45) is 0.922. The van der Waals surface area contributed by atoms with Gasteiger partial charge in [-0.15, -0.1) is 0 Å². The van der Waals surface area contributed by atoms with E-state index in [-0.39, 0.29) is 5.91 Å². The minimum atomic E-state index is -0.920. The highest BCUT2D eigenvalue weighted by atomic mass is 35.5. The summed E-state index contributed by atoms with van der Waals surface area (Å²) in [6.45, 7) is 0.675. The van der Waals surface area contributed by atoms with E-state index in [4.69, 9.17) is 40.4 Å². The van der Waals surface area contributed by atoms with Crippen LogP contribution in [0.1, 0.15) is 23.1 Å². The third-order valence-corrected chi connectivity index (χ3v) is 6.39. The van der Waals surface area contributed by atoms with E-state index in [9.17, 15) is 4.79 Å². The monoisotopic (exact) mass is 510 g/mol. The van der Waals surface area contributed by atoms with Crippen molar-refractivity contribution >= 4 is 57.8 Å². The summed E-state index contributed by atoms with van der Waals surface area (Å²) >= 11 is 18.3. The zero-order valence-electron chi connectivity index (χ0n) is 18.6. The molecule has 0 saturated carbocycles. The van der Waals surface area contributed by atoms with E-state index >= 15 is 0 Å². The maximum absolute atomic E-state index is 13.3. The topological polar surface area (TPSA) is 56.7 Å². The summed E-state index contributed by atoms with van der Waals surface area (Å²) < 4.78 is 0. The molecule has 1 heterocycles. The summed E-state index contributed by atoms with van der Waals surface area (Å²) in [6, 6.07) is 23.0. The highest BCUT2D eigenvalue weighted by Gasteiger charge is 2.31. The molecule has 0 aromatic heterocycles. The molecule has 1 atom stereocenters. The maximum Gasteiger partial charge on any atom is 0.272 e. The van der Waals surface area contributed by atoms with Crippen LogP contribution in [-0.2, 0) is 11.2 Å². The lowest BCUT2D eigenvalue weighted by Gasteiger charge is -2.22. The van der Waals surface area contributed by atoms with Crippen LogP contribution in [0.15, 0.2) is 77.8 Å². The van der Waals surface area contributed by atoms with Gasteiger partial charge in [0, 0.05) is 34.8 Å². The number of nitrogens with zero attached hydrogens (tertiary/aromatic N) is 2. The molecule has 2 N–H and O–H groups in total. The number of nitrogens with one attached hydrogen (secondary N) is 2. The maximum atomic E-state index is 13.3. The van der Waals surface area contributed by atoms with Gasteiger partial charge in [-0.05, 0) is 54.9 Å². The molecule has 3 aromatic carbocycles. The predicted octanol–water partition coefficient (Wildman–Crippen LogP) is 5.23. The minimum absolute atomic E-state index is 0.237. The third-order valence-electron chi connectivity index (χ3n) is 5.57. The van der Waals surface area contributed by atoms with Crippen molar-refractivity contribution in [3.63, 3.8) is 0 Å². The molecule has 174 valence electrons. The van der Waals surface area contributed by atoms with Gasteiger partial charge >= 0.3 is 0 Å². The van der Waals surface area contributed by atoms with E-state index < -0.39 is 6.17 Å². The fraction of sp³-hybridized carbons (Fsp3) is 0.192. The Hall–Kier alpha value is -2.93. The number of amides is 1. The van der Waals surface area contributed by atoms with Crippen molar-refractivity contribution in [2.45, 2.75) is 19.0 Å². The normalized spacial score (nSPS) is 15.3. The first kappa shape index (κ1) is 24.2. The van der Waals surface area contributed by atoms with Crippen LogP contribution in [0.3, 0.4) is 0 Å². The second kappa shape index (κ2) is 11.0. The van der Waals surface area contributed by atoms with Crippen LogP contribution in [0, 0.1) is 0 Å². The molecule has 1 amide bonds. The molecular formula is C26H24Cl2N4OS. The van der Waals surface area contributed by atoms with E-state index in [1.807, 2.05) is 42.5 Å². The molecular weight excluding hydrogens is 487 g/mol. The fourth-order valence-corrected chi connectivity index (χ4v) is 4.43. The number of halogens is 2. The Balaban J connectivity index is 1.55. The van der Waals surface area contributed by atoms with Crippen LogP contribution in [0.5, 0.6) is 0 Å². The van der Waals surface area contributed by atoms with Crippen LogP contribution in [0.2, 0.25) is 10.0 Å². The smallest absolute Gasteiger partial charge is 0.272 e. The molecule has 0 bridgehead atoms. The first-order chi connectivity index (χ1) is 16.4. The molecule has 1 aliphatic heterocycles. The van der Waals surface area contributed by atoms with Gasteiger partial charge in [-0.25, -0.2) is 4.99 Å². The molecule has 8 heteroatoms. The standard InChI is InChI=1S/C26H24Cl2N4OS/c1-32-22-14-13-18(27)16-20(22)23(19-11-5-6-12-21(19)28)30-24(25(32)33)31-26(34)29-15-7-10-17-8-3-2-4-9-17/h2-6,8-9,11-14,16,24H,7,10,15H2,1H3,(H2,29,31,34). The number of likely N-dealkylation sites (N-methyl/N-ethyl adjacent to an activating group) is 1. The highest BCUT2D eigenvalue weighted by Crippen LogP contribution is 2.31. The van der Waals surface area contributed by atoms with Crippen molar-refractivity contribution in [2.75, 3.05) is 18.5 Å². The Bertz CT molecular complexity index is 1230. The molecule has 3 aromatic rings. The molecule has 1 unspecified atom stereocenters. The third kappa shape index (κ3) is 5.58. The average Bonchev–Trinajstić information content (AvgIpc) is 2.93. The molecule has 1 aliphatic rings. The lowest BCUT2D eigenvalue weighted by Crippen LogP contribution is -2.49. The van der Waals surface area contributed by atoms with E-state index in [1.54, 1.807) is 30.1 Å². The molecule has 0 aliphatic carbocycles. The van der Waals surface area contributed by atoms with Gasteiger partial charge in [0.25, 0.3) is 5.91 Å². The molecule has 4 rings (SSSR count). The van der Waals surface area contributed by atoms with Gasteiger partial charge in [-0.2, -0.15) is 0 Å². The number of anilines is 1. The number of aliphatic imine (C=N–C) groups is 1. The SMILES string of the molecule is CN1C(=O)C(NC(=S)NCCCc2ccccc2)N=C(c2ccccc2Cl)c2cc(Cl)ccc21. The number of thiocarbonyl (C=S) groups is 1. The Morgan fingerprint density at radius 2 is 1.76 bits per heavy atom. The predicted molar refractivity (Wildman–Crippen MR) is 144 cm³/mol. The van der Waals surface area contributed by atoms with Crippen molar-refractivity contribution < 1.29 is 4.79 Å². The van der Waals surface area contributed by atoms with Gasteiger partial charge in [-0.1, -0.05) is 71.7 Å². The molecule has 0 radical (unpaired) electrons. The van der Waals surface area contributed by atoms with Crippen molar-refractivity contribution in [3.05, 3.63) is 99.5 Å². The summed E-state index contributed by atoms with van der Waals surface area (Å²) in [7, 11) is 1.71. The Morgan fingerprint density at radius 3 is 2.53 bits per heavy atom. The molecule has 0 spiro atoms. The first-order valence-corrected chi connectivity index (χ1v) is 12.1. The number of benzodiazepines with no additional fused rings is 1. The number of hydrogen-bond donors (Lipinski definition) is 2. The molecule has 34 heavy (non-hydrogen) atoms. The Kier molecular flexibility index (Phi) is 7.83. The minimum Gasteiger partial charge on any atom is -0.363 e. The molecule has 0 saturated heterocycles. The largest absolute Gasteiger partial charge is 0.363 e. The number of rotatable bonds is 6. The zero-order chi connectivity index (χ0) is 24.1. The summed E-state index contributed by atoms with van der Waals surface area (Å²) in [5.41, 5.74) is 3.98. The summed E-state index contributed by atoms with van der Waals surface area (Å²) in [5.74, 6) is -0.237. The number of carbonyl (C=O) groups excluding carboxylic acids is 1. The quantitative estimate of drug-likeness (QED) is 0.352. The lowest BCUT2D eigenvalue weighted by atomic mass is 10.00. The summed E-state index contributed by atoms with van der Waals surface area (Å²) in [4.78, 5) is 19.7. The van der Waals surface area contributed by atoms with E-state index in [1.165, 1.54) is 5.56 Å².